The van der Waals surface area contributed by atoms with Crippen molar-refractivity contribution in [2.45, 2.75) is 59.0 Å². The van der Waals surface area contributed by atoms with Crippen molar-refractivity contribution in [1.29, 1.82) is 0 Å². The van der Waals surface area contributed by atoms with Gasteiger partial charge in [-0.3, -0.25) is 9.59 Å². The number of nitrogens with one attached hydrogen (secondary N) is 2. The summed E-state index contributed by atoms with van der Waals surface area (Å²) in [4.78, 5) is 34.4. The predicted molar refractivity (Wildman–Crippen MR) is 106 cm³/mol. The molecule has 2 amide bonds. The summed E-state index contributed by atoms with van der Waals surface area (Å²) in [6.45, 7) is 6.63. The van der Waals surface area contributed by atoms with Crippen molar-refractivity contribution < 1.29 is 9.59 Å². The molecule has 3 rings (SSSR count). The molecule has 0 saturated carbocycles. The molecule has 1 aliphatic rings. The second-order valence-corrected chi connectivity index (χ2v) is 8.81. The first kappa shape index (κ1) is 19.5. The SMILES string of the molecule is CNC(=O)[C@@H](NC(=O)c1nc(-c2nccs2)n2c1CCCCC2)C(C)(C)C. The van der Waals surface area contributed by atoms with Crippen molar-refractivity contribution in [3.8, 4) is 10.8 Å². The van der Waals surface area contributed by atoms with E-state index < -0.39 is 11.5 Å². The summed E-state index contributed by atoms with van der Waals surface area (Å²) in [6.07, 6.45) is 5.77. The van der Waals surface area contributed by atoms with Gasteiger partial charge in [0.25, 0.3) is 5.91 Å². The Bertz CT molecular complexity index is 820. The lowest BCUT2D eigenvalue weighted by molar-refractivity contribution is -0.124. The zero-order valence-corrected chi connectivity index (χ0v) is 17.2. The number of aromatic nitrogens is 3. The van der Waals surface area contributed by atoms with E-state index in [1.54, 1.807) is 13.2 Å². The molecular formula is C19H27N5O2S. The molecule has 0 saturated heterocycles. The Balaban J connectivity index is 1.98. The van der Waals surface area contributed by atoms with Gasteiger partial charge in [-0.1, -0.05) is 27.2 Å². The number of carbonyl (C=O) groups excluding carboxylic acids is 2. The van der Waals surface area contributed by atoms with E-state index in [1.165, 1.54) is 11.3 Å². The first-order valence-electron chi connectivity index (χ1n) is 9.34. The third-order valence-corrected chi connectivity index (χ3v) is 5.63. The van der Waals surface area contributed by atoms with Gasteiger partial charge in [-0.2, -0.15) is 0 Å². The summed E-state index contributed by atoms with van der Waals surface area (Å²) in [6, 6.07) is -0.638. The Morgan fingerprint density at radius 3 is 2.67 bits per heavy atom. The normalized spacial score (nSPS) is 15.6. The highest BCUT2D eigenvalue weighted by Crippen LogP contribution is 2.29. The van der Waals surface area contributed by atoms with E-state index in [0.717, 1.165) is 48.8 Å². The van der Waals surface area contributed by atoms with Crippen molar-refractivity contribution in [3.63, 3.8) is 0 Å². The van der Waals surface area contributed by atoms with Crippen LogP contribution in [0.15, 0.2) is 11.6 Å². The summed E-state index contributed by atoms with van der Waals surface area (Å²) in [5.74, 6) is 0.243. The highest BCUT2D eigenvalue weighted by molar-refractivity contribution is 7.13. The van der Waals surface area contributed by atoms with Gasteiger partial charge in [-0.25, -0.2) is 9.97 Å². The number of amides is 2. The van der Waals surface area contributed by atoms with Gasteiger partial charge < -0.3 is 15.2 Å². The van der Waals surface area contributed by atoms with Crippen molar-refractivity contribution in [1.82, 2.24) is 25.2 Å². The Hall–Kier alpha value is -2.22. The lowest BCUT2D eigenvalue weighted by Crippen LogP contribution is -2.53. The second-order valence-electron chi connectivity index (χ2n) is 7.92. The Morgan fingerprint density at radius 2 is 2.04 bits per heavy atom. The van der Waals surface area contributed by atoms with E-state index in [2.05, 4.69) is 25.2 Å². The smallest absolute Gasteiger partial charge is 0.272 e. The largest absolute Gasteiger partial charge is 0.357 e. The van der Waals surface area contributed by atoms with Crippen LogP contribution in [0.3, 0.4) is 0 Å². The van der Waals surface area contributed by atoms with Crippen LogP contribution in [0.5, 0.6) is 0 Å². The van der Waals surface area contributed by atoms with Crippen molar-refractivity contribution in [2.75, 3.05) is 7.05 Å². The molecule has 1 aliphatic heterocycles. The maximum absolute atomic E-state index is 13.1. The summed E-state index contributed by atoms with van der Waals surface area (Å²) in [7, 11) is 1.58. The second kappa shape index (κ2) is 7.80. The molecule has 0 aromatic carbocycles. The number of likely N-dealkylation sites (N-methyl/N-ethyl adjacent to an activating group) is 1. The minimum atomic E-state index is -0.638. The summed E-state index contributed by atoms with van der Waals surface area (Å²) >= 11 is 1.52. The average Bonchev–Trinajstić information content (AvgIpc) is 3.20. The van der Waals surface area contributed by atoms with E-state index in [1.807, 2.05) is 26.2 Å². The fraction of sp³-hybridized carbons (Fsp3) is 0.579. The van der Waals surface area contributed by atoms with Gasteiger partial charge in [0, 0.05) is 25.2 Å². The molecule has 0 radical (unpaired) electrons. The molecule has 2 N–H and O–H groups in total. The summed E-state index contributed by atoms with van der Waals surface area (Å²) < 4.78 is 2.13. The third-order valence-electron chi connectivity index (χ3n) is 4.86. The fourth-order valence-corrected chi connectivity index (χ4v) is 4.05. The standard InChI is InChI=1S/C19H27N5O2S/c1-19(2,3)14(17(26)20-4)23-16(25)13-12-8-6-5-7-10-24(12)15(22-13)18-21-9-11-27-18/h9,11,14H,5-8,10H2,1-4H3,(H,20,26)(H,23,25)/t14-/m1/s1. The maximum Gasteiger partial charge on any atom is 0.272 e. The van der Waals surface area contributed by atoms with Crippen molar-refractivity contribution in [2.24, 2.45) is 5.41 Å². The van der Waals surface area contributed by atoms with Crippen LogP contribution in [0.2, 0.25) is 0 Å². The number of imidazole rings is 1. The molecule has 1 atom stereocenters. The Kier molecular flexibility index (Phi) is 5.64. The molecule has 27 heavy (non-hydrogen) atoms. The summed E-state index contributed by atoms with van der Waals surface area (Å²) in [5, 5.41) is 8.28. The van der Waals surface area contributed by atoms with Gasteiger partial charge in [-0.15, -0.1) is 11.3 Å². The minimum Gasteiger partial charge on any atom is -0.357 e. The average molecular weight is 390 g/mol. The first-order chi connectivity index (χ1) is 12.8. The van der Waals surface area contributed by atoms with Gasteiger partial charge in [-0.05, 0) is 24.7 Å². The summed E-state index contributed by atoms with van der Waals surface area (Å²) in [5.41, 5.74) is 0.949. The molecule has 2 aromatic rings. The molecule has 8 heteroatoms. The topological polar surface area (TPSA) is 88.9 Å². The van der Waals surface area contributed by atoms with Gasteiger partial charge >= 0.3 is 0 Å². The lowest BCUT2D eigenvalue weighted by Gasteiger charge is -2.29. The third kappa shape index (κ3) is 4.05. The molecular weight excluding hydrogens is 362 g/mol. The molecule has 3 heterocycles. The van der Waals surface area contributed by atoms with E-state index in [-0.39, 0.29) is 11.8 Å². The molecule has 0 aliphatic carbocycles. The van der Waals surface area contributed by atoms with E-state index in [4.69, 9.17) is 0 Å². The highest BCUT2D eigenvalue weighted by Gasteiger charge is 2.34. The Labute approximate surface area is 163 Å². The van der Waals surface area contributed by atoms with Crippen LogP contribution in [-0.2, 0) is 17.8 Å². The zero-order valence-electron chi connectivity index (χ0n) is 16.3. The zero-order chi connectivity index (χ0) is 19.6. The van der Waals surface area contributed by atoms with Gasteiger partial charge in [0.1, 0.15) is 11.7 Å². The van der Waals surface area contributed by atoms with Gasteiger partial charge in [0.05, 0.1) is 5.69 Å². The first-order valence-corrected chi connectivity index (χ1v) is 10.2. The van der Waals surface area contributed by atoms with Gasteiger partial charge in [0.15, 0.2) is 10.8 Å². The predicted octanol–water partition coefficient (Wildman–Crippen LogP) is 2.62. The fourth-order valence-electron chi connectivity index (χ4n) is 3.42. The Morgan fingerprint density at radius 1 is 1.26 bits per heavy atom. The lowest BCUT2D eigenvalue weighted by atomic mass is 9.86. The number of nitrogens with zero attached hydrogens (tertiary/aromatic N) is 3. The van der Waals surface area contributed by atoms with E-state index in [9.17, 15) is 9.59 Å². The number of hydrogen-bond donors (Lipinski definition) is 2. The van der Waals surface area contributed by atoms with Crippen molar-refractivity contribution in [3.05, 3.63) is 23.0 Å². The van der Waals surface area contributed by atoms with Gasteiger partial charge in [0.2, 0.25) is 5.91 Å². The molecule has 0 unspecified atom stereocenters. The molecule has 7 nitrogen and oxygen atoms in total. The molecule has 0 spiro atoms. The monoisotopic (exact) mass is 389 g/mol. The number of carbonyl (C=O) groups is 2. The van der Waals surface area contributed by atoms with Crippen LogP contribution in [0.4, 0.5) is 0 Å². The molecule has 2 aromatic heterocycles. The highest BCUT2D eigenvalue weighted by atomic mass is 32.1. The number of thiazole rings is 1. The molecule has 0 bridgehead atoms. The minimum absolute atomic E-state index is 0.207. The van der Waals surface area contributed by atoms with Crippen LogP contribution in [0, 0.1) is 5.41 Å². The maximum atomic E-state index is 13.1. The number of hydrogen-bond acceptors (Lipinski definition) is 5. The molecule has 0 fully saturated rings. The number of rotatable bonds is 4. The van der Waals surface area contributed by atoms with Crippen LogP contribution in [0.25, 0.3) is 10.8 Å². The van der Waals surface area contributed by atoms with Crippen LogP contribution >= 0.6 is 11.3 Å². The van der Waals surface area contributed by atoms with Crippen LogP contribution in [0.1, 0.15) is 56.2 Å². The van der Waals surface area contributed by atoms with Crippen LogP contribution < -0.4 is 10.6 Å². The molecule has 146 valence electrons. The number of fused-ring (bicyclic) bond motifs is 1. The van der Waals surface area contributed by atoms with Crippen LogP contribution in [-0.4, -0.2) is 39.4 Å². The quantitative estimate of drug-likeness (QED) is 0.841. The van der Waals surface area contributed by atoms with Crippen molar-refractivity contribution >= 4 is 23.2 Å². The van der Waals surface area contributed by atoms with E-state index in [0.29, 0.717) is 5.69 Å². The van der Waals surface area contributed by atoms with E-state index >= 15 is 0 Å².